The number of aromatic amines is 1. The zero-order chi connectivity index (χ0) is 13.3. The Hall–Kier alpha value is -1.30. The SMILES string of the molecule is O=C(CCC(F)(F)F)c1c[nH]c2ccc(Br)cc12. The van der Waals surface area contributed by atoms with E-state index in [9.17, 15) is 18.0 Å². The summed E-state index contributed by atoms with van der Waals surface area (Å²) in [4.78, 5) is 14.6. The van der Waals surface area contributed by atoms with Crippen molar-refractivity contribution in [3.05, 3.63) is 34.4 Å². The van der Waals surface area contributed by atoms with Crippen molar-refractivity contribution in [1.82, 2.24) is 4.98 Å². The Balaban J connectivity index is 2.25. The van der Waals surface area contributed by atoms with E-state index in [-0.39, 0.29) is 0 Å². The highest BCUT2D eigenvalue weighted by molar-refractivity contribution is 9.10. The first kappa shape index (κ1) is 13.1. The molecule has 0 aliphatic heterocycles. The van der Waals surface area contributed by atoms with Gasteiger partial charge < -0.3 is 4.98 Å². The second kappa shape index (κ2) is 4.76. The van der Waals surface area contributed by atoms with Gasteiger partial charge in [0, 0.05) is 33.6 Å². The Bertz CT molecular complexity index is 589. The van der Waals surface area contributed by atoms with Crippen molar-refractivity contribution in [3.8, 4) is 0 Å². The Labute approximate surface area is 109 Å². The number of aromatic nitrogens is 1. The van der Waals surface area contributed by atoms with Crippen LogP contribution in [-0.4, -0.2) is 16.9 Å². The van der Waals surface area contributed by atoms with Crippen LogP contribution in [0.15, 0.2) is 28.9 Å². The Morgan fingerprint density at radius 2 is 2.06 bits per heavy atom. The van der Waals surface area contributed by atoms with E-state index in [2.05, 4.69) is 20.9 Å². The smallest absolute Gasteiger partial charge is 0.360 e. The second-order valence-corrected chi connectivity index (χ2v) is 4.85. The molecule has 0 saturated carbocycles. The zero-order valence-corrected chi connectivity index (χ0v) is 10.7. The van der Waals surface area contributed by atoms with E-state index in [0.29, 0.717) is 10.9 Å². The van der Waals surface area contributed by atoms with E-state index < -0.39 is 24.8 Å². The minimum absolute atomic E-state index is 0.301. The monoisotopic (exact) mass is 319 g/mol. The van der Waals surface area contributed by atoms with Crippen molar-refractivity contribution in [1.29, 1.82) is 0 Å². The molecule has 0 radical (unpaired) electrons. The highest BCUT2D eigenvalue weighted by atomic mass is 79.9. The van der Waals surface area contributed by atoms with Crippen LogP contribution in [0.25, 0.3) is 10.9 Å². The Morgan fingerprint density at radius 1 is 1.33 bits per heavy atom. The first-order chi connectivity index (χ1) is 8.37. The van der Waals surface area contributed by atoms with Crippen molar-refractivity contribution in [2.75, 3.05) is 0 Å². The highest BCUT2D eigenvalue weighted by Gasteiger charge is 2.28. The van der Waals surface area contributed by atoms with E-state index in [1.165, 1.54) is 6.20 Å². The molecule has 1 heterocycles. The van der Waals surface area contributed by atoms with Crippen LogP contribution < -0.4 is 0 Å². The third kappa shape index (κ3) is 2.93. The van der Waals surface area contributed by atoms with E-state index in [1.807, 2.05) is 0 Å². The van der Waals surface area contributed by atoms with Crippen molar-refractivity contribution in [3.63, 3.8) is 0 Å². The average Bonchev–Trinajstić information content (AvgIpc) is 2.67. The van der Waals surface area contributed by atoms with Gasteiger partial charge in [-0.3, -0.25) is 4.79 Å². The van der Waals surface area contributed by atoms with E-state index in [0.717, 1.165) is 9.99 Å². The lowest BCUT2D eigenvalue weighted by atomic mass is 10.1. The van der Waals surface area contributed by atoms with Gasteiger partial charge in [0.05, 0.1) is 6.42 Å². The summed E-state index contributed by atoms with van der Waals surface area (Å²) in [7, 11) is 0. The van der Waals surface area contributed by atoms with Crippen molar-refractivity contribution < 1.29 is 18.0 Å². The maximum Gasteiger partial charge on any atom is 0.389 e. The number of alkyl halides is 3. The molecule has 2 rings (SSSR count). The number of H-pyrrole nitrogens is 1. The number of Topliss-reactive ketones (excluding diaryl/α,β-unsaturated/α-hetero) is 1. The van der Waals surface area contributed by atoms with Crippen molar-refractivity contribution >= 4 is 32.6 Å². The summed E-state index contributed by atoms with van der Waals surface area (Å²) in [6.07, 6.45) is -4.46. The van der Waals surface area contributed by atoms with Gasteiger partial charge >= 0.3 is 6.18 Å². The Kier molecular flexibility index (Phi) is 3.47. The lowest BCUT2D eigenvalue weighted by Crippen LogP contribution is -2.10. The summed E-state index contributed by atoms with van der Waals surface area (Å²) in [5.74, 6) is -0.503. The molecule has 2 aromatic rings. The lowest BCUT2D eigenvalue weighted by Gasteiger charge is -2.04. The van der Waals surface area contributed by atoms with Crippen LogP contribution in [0.4, 0.5) is 13.2 Å². The first-order valence-electron chi connectivity index (χ1n) is 5.23. The summed E-state index contributed by atoms with van der Waals surface area (Å²) in [5, 5.41) is 0.636. The molecular formula is C12H9BrF3NO. The number of benzene rings is 1. The number of rotatable bonds is 3. The van der Waals surface area contributed by atoms with Crippen LogP contribution >= 0.6 is 15.9 Å². The first-order valence-corrected chi connectivity index (χ1v) is 6.03. The normalized spacial score (nSPS) is 12.0. The fourth-order valence-corrected chi connectivity index (χ4v) is 2.07. The predicted octanol–water partition coefficient (Wildman–Crippen LogP) is 4.46. The molecule has 1 aromatic heterocycles. The summed E-state index contributed by atoms with van der Waals surface area (Å²) < 4.78 is 37.0. The van der Waals surface area contributed by atoms with Gasteiger partial charge in [0.2, 0.25) is 0 Å². The van der Waals surface area contributed by atoms with Crippen LogP contribution in [-0.2, 0) is 0 Å². The van der Waals surface area contributed by atoms with Gasteiger partial charge in [0.15, 0.2) is 5.78 Å². The summed E-state index contributed by atoms with van der Waals surface area (Å²) >= 11 is 3.27. The van der Waals surface area contributed by atoms with Crippen LogP contribution in [0.1, 0.15) is 23.2 Å². The highest BCUT2D eigenvalue weighted by Crippen LogP contribution is 2.26. The summed E-state index contributed by atoms with van der Waals surface area (Å²) in [6.45, 7) is 0. The number of fused-ring (bicyclic) bond motifs is 1. The number of nitrogens with one attached hydrogen (secondary N) is 1. The van der Waals surface area contributed by atoms with Gasteiger partial charge in [0.25, 0.3) is 0 Å². The molecule has 0 fully saturated rings. The molecule has 1 N–H and O–H groups in total. The van der Waals surface area contributed by atoms with E-state index in [1.54, 1.807) is 18.2 Å². The molecule has 6 heteroatoms. The molecule has 2 nitrogen and oxygen atoms in total. The fraction of sp³-hybridized carbons (Fsp3) is 0.250. The number of hydrogen-bond donors (Lipinski definition) is 1. The number of carbonyl (C=O) groups is 1. The largest absolute Gasteiger partial charge is 0.389 e. The quantitative estimate of drug-likeness (QED) is 0.833. The molecule has 0 bridgehead atoms. The third-order valence-corrected chi connectivity index (χ3v) is 3.07. The topological polar surface area (TPSA) is 32.9 Å². The van der Waals surface area contributed by atoms with Gasteiger partial charge in [-0.25, -0.2) is 0 Å². The van der Waals surface area contributed by atoms with Gasteiger partial charge in [-0.1, -0.05) is 15.9 Å². The average molecular weight is 320 g/mol. The molecule has 0 amide bonds. The lowest BCUT2D eigenvalue weighted by molar-refractivity contribution is -0.133. The predicted molar refractivity (Wildman–Crippen MR) is 65.6 cm³/mol. The summed E-state index contributed by atoms with van der Waals surface area (Å²) in [5.41, 5.74) is 1.03. The minimum atomic E-state index is -4.30. The second-order valence-electron chi connectivity index (χ2n) is 3.93. The number of ketones is 1. The van der Waals surface area contributed by atoms with Crippen molar-refractivity contribution in [2.24, 2.45) is 0 Å². The molecule has 0 saturated heterocycles. The maximum absolute atomic E-state index is 12.1. The molecule has 0 aliphatic rings. The molecule has 96 valence electrons. The van der Waals surface area contributed by atoms with Gasteiger partial charge in [0.1, 0.15) is 0 Å². The van der Waals surface area contributed by atoms with Gasteiger partial charge in [-0.2, -0.15) is 13.2 Å². The molecule has 1 aromatic carbocycles. The van der Waals surface area contributed by atoms with Crippen LogP contribution in [0.2, 0.25) is 0 Å². The molecular weight excluding hydrogens is 311 g/mol. The maximum atomic E-state index is 12.1. The zero-order valence-electron chi connectivity index (χ0n) is 9.14. The third-order valence-electron chi connectivity index (χ3n) is 2.58. The van der Waals surface area contributed by atoms with Gasteiger partial charge in [-0.05, 0) is 18.2 Å². The standard InChI is InChI=1S/C12H9BrF3NO/c13-7-1-2-10-8(5-7)9(6-17-10)11(18)3-4-12(14,15)16/h1-2,5-6,17H,3-4H2. The molecule has 0 aliphatic carbocycles. The van der Waals surface area contributed by atoms with Crippen LogP contribution in [0, 0.1) is 0 Å². The van der Waals surface area contributed by atoms with E-state index >= 15 is 0 Å². The van der Waals surface area contributed by atoms with Crippen molar-refractivity contribution in [2.45, 2.75) is 19.0 Å². The van der Waals surface area contributed by atoms with Gasteiger partial charge in [-0.15, -0.1) is 0 Å². The Morgan fingerprint density at radius 3 is 2.72 bits per heavy atom. The van der Waals surface area contributed by atoms with Crippen LogP contribution in [0.3, 0.4) is 0 Å². The molecule has 0 spiro atoms. The molecule has 0 unspecified atom stereocenters. The summed E-state index contributed by atoms with van der Waals surface area (Å²) in [6, 6.07) is 5.27. The molecule has 18 heavy (non-hydrogen) atoms. The van der Waals surface area contributed by atoms with E-state index in [4.69, 9.17) is 0 Å². The van der Waals surface area contributed by atoms with Crippen LogP contribution in [0.5, 0.6) is 0 Å². The fourth-order valence-electron chi connectivity index (χ4n) is 1.71. The number of halogens is 4. The number of carbonyl (C=O) groups excluding carboxylic acids is 1. The molecule has 0 atom stereocenters. The number of hydrogen-bond acceptors (Lipinski definition) is 1. The minimum Gasteiger partial charge on any atom is -0.360 e.